The number of nitrogens with two attached hydrogens (primary N) is 2. The van der Waals surface area contributed by atoms with Gasteiger partial charge in [0.15, 0.2) is 0 Å². The lowest BCUT2D eigenvalue weighted by atomic mass is 10.1. The SMILES string of the molecule is N#Cc1c(CN)ncc(N)c1C(F)F. The lowest BCUT2D eigenvalue weighted by Crippen LogP contribution is -2.08. The molecule has 1 aromatic rings. The summed E-state index contributed by atoms with van der Waals surface area (Å²) in [4.78, 5) is 3.70. The highest BCUT2D eigenvalue weighted by Crippen LogP contribution is 2.28. The van der Waals surface area contributed by atoms with Gasteiger partial charge in [-0.05, 0) is 0 Å². The van der Waals surface area contributed by atoms with E-state index in [9.17, 15) is 8.78 Å². The van der Waals surface area contributed by atoms with Crippen LogP contribution in [0.5, 0.6) is 0 Å². The van der Waals surface area contributed by atoms with E-state index in [1.165, 1.54) is 0 Å². The molecule has 0 aliphatic heterocycles. The highest BCUT2D eigenvalue weighted by atomic mass is 19.3. The summed E-state index contributed by atoms with van der Waals surface area (Å²) in [7, 11) is 0. The van der Waals surface area contributed by atoms with Gasteiger partial charge in [0.2, 0.25) is 0 Å². The van der Waals surface area contributed by atoms with E-state index >= 15 is 0 Å². The average molecular weight is 198 g/mol. The van der Waals surface area contributed by atoms with Gasteiger partial charge < -0.3 is 11.5 Å². The molecule has 74 valence electrons. The Bertz CT molecular complexity index is 384. The van der Waals surface area contributed by atoms with Gasteiger partial charge in [0.05, 0.1) is 28.7 Å². The Morgan fingerprint density at radius 1 is 1.57 bits per heavy atom. The molecule has 0 unspecified atom stereocenters. The lowest BCUT2D eigenvalue weighted by Gasteiger charge is -2.08. The first-order valence-electron chi connectivity index (χ1n) is 3.77. The van der Waals surface area contributed by atoms with Crippen LogP contribution < -0.4 is 11.5 Å². The molecule has 0 amide bonds. The average Bonchev–Trinajstić information content (AvgIpc) is 2.16. The predicted octanol–water partition coefficient (Wildman–Crippen LogP) is 0.932. The molecule has 0 saturated carbocycles. The summed E-state index contributed by atoms with van der Waals surface area (Å²) in [6.07, 6.45) is -1.71. The van der Waals surface area contributed by atoms with Gasteiger partial charge in [0, 0.05) is 6.54 Å². The maximum Gasteiger partial charge on any atom is 0.267 e. The van der Waals surface area contributed by atoms with Crippen LogP contribution in [0, 0.1) is 11.3 Å². The molecule has 0 radical (unpaired) electrons. The standard InChI is InChI=1S/C8H8F2N4/c9-8(10)7-4(1-11)6(2-12)14-3-5(7)13/h3,8H,2,12-13H2. The first-order valence-corrected chi connectivity index (χ1v) is 3.77. The lowest BCUT2D eigenvalue weighted by molar-refractivity contribution is 0.151. The summed E-state index contributed by atoms with van der Waals surface area (Å²) >= 11 is 0. The summed E-state index contributed by atoms with van der Waals surface area (Å²) in [5.41, 5.74) is 9.78. The Morgan fingerprint density at radius 2 is 2.21 bits per heavy atom. The summed E-state index contributed by atoms with van der Waals surface area (Å²) in [5, 5.41) is 8.67. The molecule has 1 rings (SSSR count). The summed E-state index contributed by atoms with van der Waals surface area (Å²) in [5.74, 6) is 0. The number of aromatic nitrogens is 1. The third-order valence-corrected chi connectivity index (χ3v) is 1.75. The fourth-order valence-electron chi connectivity index (χ4n) is 1.10. The molecular formula is C8H8F2N4. The molecule has 1 aromatic heterocycles. The van der Waals surface area contributed by atoms with Crippen LogP contribution in [0.3, 0.4) is 0 Å². The number of nitrogens with zero attached hydrogens (tertiary/aromatic N) is 2. The van der Waals surface area contributed by atoms with Gasteiger partial charge in [-0.2, -0.15) is 5.26 Å². The maximum atomic E-state index is 12.5. The Labute approximate surface area is 79.1 Å². The van der Waals surface area contributed by atoms with E-state index in [-0.39, 0.29) is 23.5 Å². The fraction of sp³-hybridized carbons (Fsp3) is 0.250. The third kappa shape index (κ3) is 1.63. The van der Waals surface area contributed by atoms with Gasteiger partial charge in [0.1, 0.15) is 6.07 Å². The van der Waals surface area contributed by atoms with E-state index in [0.717, 1.165) is 6.20 Å². The largest absolute Gasteiger partial charge is 0.397 e. The second-order valence-electron chi connectivity index (χ2n) is 2.57. The molecule has 0 bridgehead atoms. The zero-order valence-corrected chi connectivity index (χ0v) is 7.17. The van der Waals surface area contributed by atoms with Crippen molar-refractivity contribution in [2.45, 2.75) is 13.0 Å². The molecule has 0 spiro atoms. The van der Waals surface area contributed by atoms with Crippen molar-refractivity contribution >= 4 is 5.69 Å². The van der Waals surface area contributed by atoms with Gasteiger partial charge in [-0.3, -0.25) is 4.98 Å². The van der Waals surface area contributed by atoms with Gasteiger partial charge in [-0.1, -0.05) is 0 Å². The second kappa shape index (κ2) is 3.98. The molecule has 4 nitrogen and oxygen atoms in total. The number of halogens is 2. The van der Waals surface area contributed by atoms with Crippen LogP contribution in [0.1, 0.15) is 23.2 Å². The molecule has 0 fully saturated rings. The van der Waals surface area contributed by atoms with Crippen LogP contribution >= 0.6 is 0 Å². The molecular weight excluding hydrogens is 190 g/mol. The van der Waals surface area contributed by atoms with E-state index in [1.54, 1.807) is 6.07 Å². The van der Waals surface area contributed by atoms with Crippen LogP contribution in [0.25, 0.3) is 0 Å². The smallest absolute Gasteiger partial charge is 0.267 e. The zero-order valence-electron chi connectivity index (χ0n) is 7.17. The van der Waals surface area contributed by atoms with Crippen molar-refractivity contribution in [2.75, 3.05) is 5.73 Å². The molecule has 0 aliphatic carbocycles. The maximum absolute atomic E-state index is 12.5. The van der Waals surface area contributed by atoms with Crippen LogP contribution in [-0.4, -0.2) is 4.98 Å². The number of hydrogen-bond donors (Lipinski definition) is 2. The van der Waals surface area contributed by atoms with Crippen LogP contribution in [-0.2, 0) is 6.54 Å². The van der Waals surface area contributed by atoms with Crippen molar-refractivity contribution in [3.05, 3.63) is 23.0 Å². The van der Waals surface area contributed by atoms with Gasteiger partial charge in [-0.25, -0.2) is 8.78 Å². The first kappa shape index (κ1) is 10.3. The van der Waals surface area contributed by atoms with Crippen LogP contribution in [0.4, 0.5) is 14.5 Å². The van der Waals surface area contributed by atoms with Gasteiger partial charge in [-0.15, -0.1) is 0 Å². The molecule has 0 saturated heterocycles. The first-order chi connectivity index (χ1) is 6.61. The molecule has 0 atom stereocenters. The van der Waals surface area contributed by atoms with E-state index in [4.69, 9.17) is 16.7 Å². The van der Waals surface area contributed by atoms with Crippen molar-refractivity contribution in [1.29, 1.82) is 5.26 Å². The topological polar surface area (TPSA) is 88.7 Å². The molecule has 14 heavy (non-hydrogen) atoms. The minimum atomic E-state index is -2.79. The number of pyridine rings is 1. The Morgan fingerprint density at radius 3 is 2.64 bits per heavy atom. The molecule has 0 aromatic carbocycles. The van der Waals surface area contributed by atoms with Crippen molar-refractivity contribution in [3.63, 3.8) is 0 Å². The molecule has 6 heteroatoms. The molecule has 0 aliphatic rings. The number of anilines is 1. The minimum absolute atomic E-state index is 0.0666. The second-order valence-corrected chi connectivity index (χ2v) is 2.57. The quantitative estimate of drug-likeness (QED) is 0.739. The third-order valence-electron chi connectivity index (χ3n) is 1.75. The van der Waals surface area contributed by atoms with Gasteiger partial charge >= 0.3 is 0 Å². The highest BCUT2D eigenvalue weighted by Gasteiger charge is 2.19. The predicted molar refractivity (Wildman–Crippen MR) is 46.2 cm³/mol. The Kier molecular flexibility index (Phi) is 2.94. The molecule has 1 heterocycles. The van der Waals surface area contributed by atoms with E-state index in [2.05, 4.69) is 4.98 Å². The van der Waals surface area contributed by atoms with Crippen molar-refractivity contribution < 1.29 is 8.78 Å². The Balaban J connectivity index is 3.45. The monoisotopic (exact) mass is 198 g/mol. The number of nitrogen functional groups attached to an aromatic ring is 1. The fourth-order valence-corrected chi connectivity index (χ4v) is 1.10. The zero-order chi connectivity index (χ0) is 10.7. The number of rotatable bonds is 2. The van der Waals surface area contributed by atoms with Crippen molar-refractivity contribution in [1.82, 2.24) is 4.98 Å². The van der Waals surface area contributed by atoms with E-state index in [1.807, 2.05) is 0 Å². The van der Waals surface area contributed by atoms with E-state index < -0.39 is 12.0 Å². The minimum Gasteiger partial charge on any atom is -0.397 e. The van der Waals surface area contributed by atoms with Gasteiger partial charge in [0.25, 0.3) is 6.43 Å². The number of alkyl halides is 2. The summed E-state index contributed by atoms with van der Waals surface area (Å²) < 4.78 is 25.0. The van der Waals surface area contributed by atoms with Crippen LogP contribution in [0.15, 0.2) is 6.20 Å². The summed E-state index contributed by atoms with van der Waals surface area (Å²) in [6.45, 7) is -0.0666. The number of hydrogen-bond acceptors (Lipinski definition) is 4. The summed E-state index contributed by atoms with van der Waals surface area (Å²) in [6, 6.07) is 1.63. The molecule has 4 N–H and O–H groups in total. The van der Waals surface area contributed by atoms with Crippen molar-refractivity contribution in [3.8, 4) is 6.07 Å². The highest BCUT2D eigenvalue weighted by molar-refractivity contribution is 5.56. The van der Waals surface area contributed by atoms with E-state index in [0.29, 0.717) is 0 Å². The van der Waals surface area contributed by atoms with Crippen LogP contribution in [0.2, 0.25) is 0 Å². The van der Waals surface area contributed by atoms with Crippen molar-refractivity contribution in [2.24, 2.45) is 5.73 Å². The number of nitriles is 1. The normalized spacial score (nSPS) is 10.2. The Hall–Kier alpha value is -1.74.